The second-order valence-corrected chi connectivity index (χ2v) is 13.8. The molecule has 0 fully saturated rings. The normalized spacial score (nSPS) is 13.1. The minimum atomic E-state index is -1.68. The summed E-state index contributed by atoms with van der Waals surface area (Å²) in [7, 11) is -1.68. The van der Waals surface area contributed by atoms with Crippen molar-refractivity contribution in [1.82, 2.24) is 4.23 Å². The van der Waals surface area contributed by atoms with Crippen LogP contribution >= 0.6 is 15.9 Å². The Morgan fingerprint density at radius 2 is 1.43 bits per heavy atom. The van der Waals surface area contributed by atoms with E-state index in [0.717, 1.165) is 21.1 Å². The van der Waals surface area contributed by atoms with Gasteiger partial charge in [0.05, 0.1) is 0 Å². The van der Waals surface area contributed by atoms with Gasteiger partial charge in [0.15, 0.2) is 8.24 Å². The van der Waals surface area contributed by atoms with Crippen LogP contribution in [-0.2, 0) is 0 Å². The van der Waals surface area contributed by atoms with Crippen molar-refractivity contribution in [3.8, 4) is 0 Å². The van der Waals surface area contributed by atoms with E-state index in [1.807, 2.05) is 0 Å². The van der Waals surface area contributed by atoms with E-state index in [4.69, 9.17) is 0 Å². The molecule has 0 amide bonds. The van der Waals surface area contributed by atoms with Gasteiger partial charge in [-0.1, -0.05) is 57.5 Å². The van der Waals surface area contributed by atoms with Gasteiger partial charge in [-0.15, -0.1) is 0 Å². The van der Waals surface area contributed by atoms with Crippen LogP contribution in [0.25, 0.3) is 10.9 Å². The number of halogens is 1. The number of hydrogen-bond acceptors (Lipinski definition) is 0. The number of rotatable bonds is 4. The van der Waals surface area contributed by atoms with E-state index < -0.39 is 8.24 Å². The van der Waals surface area contributed by atoms with Gasteiger partial charge in [0.1, 0.15) is 0 Å². The molecule has 1 heterocycles. The molecule has 0 N–H and O–H groups in total. The van der Waals surface area contributed by atoms with E-state index >= 15 is 0 Å². The molecular weight excluding hydrogens is 338 g/mol. The van der Waals surface area contributed by atoms with Crippen molar-refractivity contribution in [2.75, 3.05) is 0 Å². The molecular formula is C18H28BrNSi. The minimum Gasteiger partial charge on any atom is -0.371 e. The number of fused-ring (bicyclic) bond motifs is 1. The van der Waals surface area contributed by atoms with Gasteiger partial charge in [-0.3, -0.25) is 0 Å². The lowest BCUT2D eigenvalue weighted by molar-refractivity contribution is 0.766. The molecule has 0 aliphatic carbocycles. The molecule has 1 aromatic heterocycles. The highest BCUT2D eigenvalue weighted by Crippen LogP contribution is 2.45. The summed E-state index contributed by atoms with van der Waals surface area (Å²) < 4.78 is 3.91. The Labute approximate surface area is 139 Å². The molecule has 0 aliphatic heterocycles. The maximum atomic E-state index is 3.61. The summed E-state index contributed by atoms with van der Waals surface area (Å²) in [6.07, 6.45) is 0. The molecule has 0 atom stereocenters. The third-order valence-electron chi connectivity index (χ3n) is 5.11. The molecule has 116 valence electrons. The van der Waals surface area contributed by atoms with Gasteiger partial charge in [-0.05, 0) is 47.8 Å². The van der Waals surface area contributed by atoms with Crippen LogP contribution in [0.5, 0.6) is 0 Å². The molecule has 0 radical (unpaired) electrons. The number of hydrogen-bond donors (Lipinski definition) is 0. The second-order valence-electron chi connectivity index (χ2n) is 7.18. The lowest BCUT2D eigenvalue weighted by Crippen LogP contribution is -2.52. The Kier molecular flexibility index (Phi) is 4.74. The van der Waals surface area contributed by atoms with Gasteiger partial charge in [0.2, 0.25) is 0 Å². The zero-order valence-corrected chi connectivity index (χ0v) is 17.0. The molecule has 0 unspecified atom stereocenters. The van der Waals surface area contributed by atoms with Crippen molar-refractivity contribution in [2.24, 2.45) is 0 Å². The van der Waals surface area contributed by atoms with E-state index in [1.165, 1.54) is 16.6 Å². The number of nitrogens with zero attached hydrogens (tertiary/aromatic N) is 1. The largest absolute Gasteiger partial charge is 0.371 e. The highest BCUT2D eigenvalue weighted by atomic mass is 79.9. The van der Waals surface area contributed by atoms with Crippen molar-refractivity contribution >= 4 is 35.1 Å². The van der Waals surface area contributed by atoms with Crippen molar-refractivity contribution in [2.45, 2.75) is 65.1 Å². The Hall–Kier alpha value is -0.543. The van der Waals surface area contributed by atoms with Crippen LogP contribution in [0.15, 0.2) is 28.7 Å². The Morgan fingerprint density at radius 3 is 1.90 bits per heavy atom. The third kappa shape index (κ3) is 2.53. The summed E-state index contributed by atoms with van der Waals surface area (Å²) in [5, 5.41) is 1.36. The molecule has 0 aliphatic rings. The Balaban J connectivity index is 2.86. The summed E-state index contributed by atoms with van der Waals surface area (Å²) >= 11 is 3.61. The molecule has 1 aromatic carbocycles. The molecule has 0 bridgehead atoms. The van der Waals surface area contributed by atoms with Gasteiger partial charge in [0, 0.05) is 21.1 Å². The maximum Gasteiger partial charge on any atom is 0.169 e. The topological polar surface area (TPSA) is 4.93 Å². The van der Waals surface area contributed by atoms with Gasteiger partial charge >= 0.3 is 0 Å². The maximum absolute atomic E-state index is 3.61. The van der Waals surface area contributed by atoms with Crippen LogP contribution in [0.1, 0.15) is 47.2 Å². The van der Waals surface area contributed by atoms with Gasteiger partial charge < -0.3 is 4.23 Å². The first-order valence-electron chi connectivity index (χ1n) is 8.01. The van der Waals surface area contributed by atoms with Crippen LogP contribution in [0.3, 0.4) is 0 Å². The number of benzene rings is 1. The van der Waals surface area contributed by atoms with E-state index in [0.29, 0.717) is 0 Å². The lowest BCUT2D eigenvalue weighted by Gasteiger charge is -2.45. The van der Waals surface area contributed by atoms with Crippen molar-refractivity contribution in [1.29, 1.82) is 0 Å². The fourth-order valence-corrected chi connectivity index (χ4v) is 11.8. The van der Waals surface area contributed by atoms with Crippen LogP contribution in [-0.4, -0.2) is 12.5 Å². The predicted octanol–water partition coefficient (Wildman–Crippen LogP) is 6.74. The first-order chi connectivity index (χ1) is 9.72. The van der Waals surface area contributed by atoms with Gasteiger partial charge in [-0.25, -0.2) is 0 Å². The first kappa shape index (κ1) is 16.8. The average molecular weight is 366 g/mol. The molecule has 0 saturated heterocycles. The number of aromatic nitrogens is 1. The quantitative estimate of drug-likeness (QED) is 0.528. The van der Waals surface area contributed by atoms with Crippen LogP contribution < -0.4 is 0 Å². The summed E-state index contributed by atoms with van der Waals surface area (Å²) in [6, 6.07) is 9.08. The number of aryl methyl sites for hydroxylation is 1. The van der Waals surface area contributed by atoms with E-state index in [1.54, 1.807) is 0 Å². The molecule has 0 spiro atoms. The second kappa shape index (κ2) is 5.92. The highest BCUT2D eigenvalue weighted by Gasteiger charge is 2.46. The third-order valence-corrected chi connectivity index (χ3v) is 12.5. The predicted molar refractivity (Wildman–Crippen MR) is 101 cm³/mol. The first-order valence-corrected chi connectivity index (χ1v) is 11.0. The fourth-order valence-electron chi connectivity index (χ4n) is 4.61. The molecule has 2 aromatic rings. The SMILES string of the molecule is Cc1cc2cc(Br)ccc2n1[Si](C(C)C)(C(C)C)C(C)C. The van der Waals surface area contributed by atoms with Gasteiger partial charge in [-0.2, -0.15) is 0 Å². The van der Waals surface area contributed by atoms with Crippen molar-refractivity contribution < 1.29 is 0 Å². The summed E-state index contributed by atoms with van der Waals surface area (Å²) in [4.78, 5) is 0. The zero-order chi connectivity index (χ0) is 15.9. The Morgan fingerprint density at radius 1 is 0.905 bits per heavy atom. The zero-order valence-electron chi connectivity index (χ0n) is 14.4. The summed E-state index contributed by atoms with van der Waals surface area (Å²) in [5.74, 6) is 0. The summed E-state index contributed by atoms with van der Waals surface area (Å²) in [5.41, 5.74) is 4.99. The average Bonchev–Trinajstić information content (AvgIpc) is 2.65. The van der Waals surface area contributed by atoms with Gasteiger partial charge in [0.25, 0.3) is 0 Å². The van der Waals surface area contributed by atoms with E-state index in [9.17, 15) is 0 Å². The molecule has 1 nitrogen and oxygen atoms in total. The summed E-state index contributed by atoms with van der Waals surface area (Å²) in [6.45, 7) is 16.8. The molecule has 21 heavy (non-hydrogen) atoms. The van der Waals surface area contributed by atoms with Crippen molar-refractivity contribution in [3.05, 3.63) is 34.4 Å². The molecule has 0 saturated carbocycles. The van der Waals surface area contributed by atoms with Crippen LogP contribution in [0.4, 0.5) is 0 Å². The molecule has 2 rings (SSSR count). The smallest absolute Gasteiger partial charge is 0.169 e. The fraction of sp³-hybridized carbons (Fsp3) is 0.556. The van der Waals surface area contributed by atoms with Crippen LogP contribution in [0, 0.1) is 6.92 Å². The van der Waals surface area contributed by atoms with E-state index in [-0.39, 0.29) is 0 Å². The monoisotopic (exact) mass is 365 g/mol. The highest BCUT2D eigenvalue weighted by molar-refractivity contribution is 9.10. The minimum absolute atomic E-state index is 0.718. The van der Waals surface area contributed by atoms with E-state index in [2.05, 4.69) is 92.9 Å². The van der Waals surface area contributed by atoms with Crippen LogP contribution in [0.2, 0.25) is 16.6 Å². The Bertz CT molecular complexity index is 618. The standard InChI is InChI=1S/C18H28BrNSi/c1-12(2)21(13(3)4,14(5)6)20-15(7)10-16-11-17(19)8-9-18(16)20/h8-14H,1-7H3. The molecule has 3 heteroatoms. The lowest BCUT2D eigenvalue weighted by atomic mass is 10.2. The van der Waals surface area contributed by atoms with Crippen molar-refractivity contribution in [3.63, 3.8) is 0 Å².